The summed E-state index contributed by atoms with van der Waals surface area (Å²) in [4.78, 5) is 12.6. The number of nitrogens with zero attached hydrogens (tertiary/aromatic N) is 5. The van der Waals surface area contributed by atoms with Crippen molar-refractivity contribution in [3.05, 3.63) is 60.6 Å². The van der Waals surface area contributed by atoms with Crippen LogP contribution in [0.3, 0.4) is 0 Å². The number of hydrogen-bond acceptors (Lipinski definition) is 5. The number of anilines is 1. The molecule has 0 atom stereocenters. The van der Waals surface area contributed by atoms with Crippen molar-refractivity contribution in [2.24, 2.45) is 0 Å². The third kappa shape index (κ3) is 2.64. The van der Waals surface area contributed by atoms with E-state index in [0.29, 0.717) is 6.54 Å². The van der Waals surface area contributed by atoms with Gasteiger partial charge in [0.25, 0.3) is 0 Å². The molecule has 3 aromatic rings. The summed E-state index contributed by atoms with van der Waals surface area (Å²) in [6, 6.07) is 7.89. The fourth-order valence-corrected chi connectivity index (χ4v) is 1.82. The van der Waals surface area contributed by atoms with Crippen LogP contribution in [0.1, 0.15) is 11.3 Å². The van der Waals surface area contributed by atoms with Gasteiger partial charge in [-0.05, 0) is 30.7 Å². The first-order chi connectivity index (χ1) is 9.83. The van der Waals surface area contributed by atoms with E-state index in [9.17, 15) is 0 Å². The molecule has 0 aromatic carbocycles. The van der Waals surface area contributed by atoms with Gasteiger partial charge in [0.1, 0.15) is 12.7 Å². The van der Waals surface area contributed by atoms with Gasteiger partial charge in [-0.15, -0.1) is 0 Å². The van der Waals surface area contributed by atoms with E-state index in [1.807, 2.05) is 37.4 Å². The fourth-order valence-electron chi connectivity index (χ4n) is 1.82. The van der Waals surface area contributed by atoms with Gasteiger partial charge < -0.3 is 5.32 Å². The van der Waals surface area contributed by atoms with Crippen molar-refractivity contribution in [2.75, 3.05) is 5.32 Å². The van der Waals surface area contributed by atoms with E-state index in [0.717, 1.165) is 22.8 Å². The second kappa shape index (κ2) is 5.48. The third-order valence-corrected chi connectivity index (χ3v) is 2.86. The van der Waals surface area contributed by atoms with Crippen LogP contribution in [0.2, 0.25) is 0 Å². The summed E-state index contributed by atoms with van der Waals surface area (Å²) < 4.78 is 1.63. The van der Waals surface area contributed by atoms with Crippen LogP contribution in [0.15, 0.2) is 49.3 Å². The SMILES string of the molecule is Cc1ccc(CNc2cccnc2-n2cncn2)nc1. The molecule has 20 heavy (non-hydrogen) atoms. The molecule has 0 saturated carbocycles. The Hall–Kier alpha value is -2.76. The van der Waals surface area contributed by atoms with E-state index in [1.165, 1.54) is 6.33 Å². The van der Waals surface area contributed by atoms with Gasteiger partial charge in [-0.2, -0.15) is 5.10 Å². The van der Waals surface area contributed by atoms with Crippen molar-refractivity contribution < 1.29 is 0 Å². The minimum Gasteiger partial charge on any atom is -0.376 e. The summed E-state index contributed by atoms with van der Waals surface area (Å²) in [7, 11) is 0. The maximum atomic E-state index is 4.37. The summed E-state index contributed by atoms with van der Waals surface area (Å²) in [6.45, 7) is 2.65. The first kappa shape index (κ1) is 12.3. The predicted octanol–water partition coefficient (Wildman–Crippen LogP) is 1.98. The predicted molar refractivity (Wildman–Crippen MR) is 75.5 cm³/mol. The first-order valence-corrected chi connectivity index (χ1v) is 6.28. The molecule has 3 aromatic heterocycles. The number of hydrogen-bond donors (Lipinski definition) is 1. The van der Waals surface area contributed by atoms with Crippen molar-refractivity contribution in [1.82, 2.24) is 24.7 Å². The molecule has 0 fully saturated rings. The minimum atomic E-state index is 0.633. The Morgan fingerprint density at radius 3 is 2.90 bits per heavy atom. The molecular formula is C14H14N6. The standard InChI is InChI=1S/C14H14N6/c1-11-4-5-12(17-7-11)8-18-13-3-2-6-16-14(13)20-10-15-9-19-20/h2-7,9-10,18H,8H2,1H3. The molecule has 0 amide bonds. The third-order valence-electron chi connectivity index (χ3n) is 2.86. The average Bonchev–Trinajstić information content (AvgIpc) is 3.01. The Kier molecular flexibility index (Phi) is 3.36. The van der Waals surface area contributed by atoms with Crippen LogP contribution in [0.25, 0.3) is 5.82 Å². The molecule has 0 saturated heterocycles. The molecule has 6 heteroatoms. The molecule has 0 radical (unpaired) electrons. The van der Waals surface area contributed by atoms with Gasteiger partial charge in [-0.25, -0.2) is 14.6 Å². The summed E-state index contributed by atoms with van der Waals surface area (Å²) in [5, 5.41) is 7.42. The number of pyridine rings is 2. The second-order valence-corrected chi connectivity index (χ2v) is 4.40. The molecule has 3 rings (SSSR count). The van der Waals surface area contributed by atoms with Gasteiger partial charge in [0.2, 0.25) is 0 Å². The molecular weight excluding hydrogens is 252 g/mol. The van der Waals surface area contributed by atoms with Crippen LogP contribution in [-0.4, -0.2) is 24.7 Å². The molecule has 0 bridgehead atoms. The molecule has 0 spiro atoms. The van der Waals surface area contributed by atoms with Crippen molar-refractivity contribution in [1.29, 1.82) is 0 Å². The summed E-state index contributed by atoms with van der Waals surface area (Å²) in [5.41, 5.74) is 3.02. The van der Waals surface area contributed by atoms with E-state index < -0.39 is 0 Å². The Balaban J connectivity index is 1.79. The Morgan fingerprint density at radius 1 is 1.20 bits per heavy atom. The summed E-state index contributed by atoms with van der Waals surface area (Å²) >= 11 is 0. The van der Waals surface area contributed by atoms with Crippen molar-refractivity contribution in [3.8, 4) is 5.82 Å². The van der Waals surface area contributed by atoms with Gasteiger partial charge in [0.15, 0.2) is 5.82 Å². The smallest absolute Gasteiger partial charge is 0.178 e. The Labute approximate surface area is 116 Å². The molecule has 0 aliphatic carbocycles. The zero-order valence-electron chi connectivity index (χ0n) is 11.1. The highest BCUT2D eigenvalue weighted by molar-refractivity contribution is 5.56. The molecule has 1 N–H and O–H groups in total. The van der Waals surface area contributed by atoms with Crippen molar-refractivity contribution in [3.63, 3.8) is 0 Å². The van der Waals surface area contributed by atoms with Crippen molar-refractivity contribution >= 4 is 5.69 Å². The van der Waals surface area contributed by atoms with Crippen LogP contribution in [0.5, 0.6) is 0 Å². The summed E-state index contributed by atoms with van der Waals surface area (Å²) in [5.74, 6) is 0.720. The molecule has 0 aliphatic heterocycles. The highest BCUT2D eigenvalue weighted by Gasteiger charge is 2.06. The quantitative estimate of drug-likeness (QED) is 0.782. The highest BCUT2D eigenvalue weighted by atomic mass is 15.3. The number of nitrogens with one attached hydrogen (secondary N) is 1. The monoisotopic (exact) mass is 266 g/mol. The number of aromatic nitrogens is 5. The molecule has 0 aliphatic rings. The van der Waals surface area contributed by atoms with Gasteiger partial charge >= 0.3 is 0 Å². The lowest BCUT2D eigenvalue weighted by atomic mass is 10.2. The largest absolute Gasteiger partial charge is 0.376 e. The van der Waals surface area contributed by atoms with Gasteiger partial charge in [-0.3, -0.25) is 4.98 Å². The van der Waals surface area contributed by atoms with Crippen LogP contribution in [-0.2, 0) is 6.54 Å². The van der Waals surface area contributed by atoms with Crippen LogP contribution >= 0.6 is 0 Å². The maximum Gasteiger partial charge on any atom is 0.178 e. The molecule has 3 heterocycles. The van der Waals surface area contributed by atoms with Gasteiger partial charge in [-0.1, -0.05) is 6.07 Å². The normalized spacial score (nSPS) is 10.4. The minimum absolute atomic E-state index is 0.633. The van der Waals surface area contributed by atoms with E-state index in [-0.39, 0.29) is 0 Å². The Morgan fingerprint density at radius 2 is 2.15 bits per heavy atom. The van der Waals surface area contributed by atoms with Gasteiger partial charge in [0.05, 0.1) is 17.9 Å². The molecule has 0 unspecified atom stereocenters. The lowest BCUT2D eigenvalue weighted by Crippen LogP contribution is -2.07. The zero-order chi connectivity index (χ0) is 13.8. The van der Waals surface area contributed by atoms with Crippen LogP contribution < -0.4 is 5.32 Å². The first-order valence-electron chi connectivity index (χ1n) is 6.28. The van der Waals surface area contributed by atoms with Gasteiger partial charge in [0, 0.05) is 12.4 Å². The Bertz CT molecular complexity index is 675. The zero-order valence-corrected chi connectivity index (χ0v) is 11.1. The summed E-state index contributed by atoms with van der Waals surface area (Å²) in [6.07, 6.45) is 6.70. The van der Waals surface area contributed by atoms with E-state index in [4.69, 9.17) is 0 Å². The van der Waals surface area contributed by atoms with Crippen LogP contribution in [0, 0.1) is 6.92 Å². The lowest BCUT2D eigenvalue weighted by molar-refractivity contribution is 0.843. The van der Waals surface area contributed by atoms with E-state index in [1.54, 1.807) is 17.2 Å². The van der Waals surface area contributed by atoms with E-state index in [2.05, 4.69) is 25.4 Å². The average molecular weight is 266 g/mol. The molecule has 6 nitrogen and oxygen atoms in total. The lowest BCUT2D eigenvalue weighted by Gasteiger charge is -2.10. The van der Waals surface area contributed by atoms with E-state index >= 15 is 0 Å². The van der Waals surface area contributed by atoms with Crippen LogP contribution in [0.4, 0.5) is 5.69 Å². The second-order valence-electron chi connectivity index (χ2n) is 4.40. The van der Waals surface area contributed by atoms with Crippen molar-refractivity contribution in [2.45, 2.75) is 13.5 Å². The fraction of sp³-hybridized carbons (Fsp3) is 0.143. The highest BCUT2D eigenvalue weighted by Crippen LogP contribution is 2.16. The molecule has 100 valence electrons. The number of rotatable bonds is 4. The topological polar surface area (TPSA) is 68.5 Å². The maximum absolute atomic E-state index is 4.37. The number of aryl methyl sites for hydroxylation is 1.